The molecule has 0 amide bonds. The van der Waals surface area contributed by atoms with Gasteiger partial charge in [-0.1, -0.05) is 74.2 Å². The van der Waals surface area contributed by atoms with Crippen LogP contribution in [-0.2, 0) is 18.3 Å². The molecular formula is C31H40O2. The van der Waals surface area contributed by atoms with Crippen molar-refractivity contribution in [2.75, 3.05) is 0 Å². The van der Waals surface area contributed by atoms with Crippen LogP contribution in [0.15, 0.2) is 53.6 Å². The van der Waals surface area contributed by atoms with E-state index < -0.39 is 0 Å². The SMILES string of the molecule is Cc1c(O)ccc2c1CCC1=C3C[C@@H](O)C[C@@]3(CCCC(C)C)CC[C@@]12Cc1ccccc1. The van der Waals surface area contributed by atoms with Gasteiger partial charge >= 0.3 is 0 Å². The number of allylic oxidation sites excluding steroid dienone is 1. The Labute approximate surface area is 199 Å². The van der Waals surface area contributed by atoms with Crippen molar-refractivity contribution in [2.45, 2.75) is 96.5 Å². The maximum absolute atomic E-state index is 10.9. The molecule has 3 atom stereocenters. The van der Waals surface area contributed by atoms with Crippen molar-refractivity contribution in [1.82, 2.24) is 0 Å². The van der Waals surface area contributed by atoms with E-state index in [1.807, 2.05) is 6.07 Å². The third kappa shape index (κ3) is 3.85. The number of aromatic hydroxyl groups is 1. The van der Waals surface area contributed by atoms with E-state index in [0.717, 1.165) is 50.0 Å². The molecule has 0 bridgehead atoms. The Morgan fingerprint density at radius 3 is 2.55 bits per heavy atom. The van der Waals surface area contributed by atoms with Gasteiger partial charge in [0.1, 0.15) is 5.75 Å². The maximum atomic E-state index is 10.9. The number of phenols is 1. The van der Waals surface area contributed by atoms with Gasteiger partial charge in [0.25, 0.3) is 0 Å². The lowest BCUT2D eigenvalue weighted by Gasteiger charge is -2.51. The number of rotatable bonds is 6. The number of hydrogen-bond acceptors (Lipinski definition) is 2. The number of phenolic OH excluding ortho intramolecular Hbond substituents is 1. The van der Waals surface area contributed by atoms with Gasteiger partial charge in [-0.15, -0.1) is 0 Å². The fraction of sp³-hybridized carbons (Fsp3) is 0.548. The number of benzene rings is 2. The predicted molar refractivity (Wildman–Crippen MR) is 136 cm³/mol. The highest BCUT2D eigenvalue weighted by atomic mass is 16.3. The summed E-state index contributed by atoms with van der Waals surface area (Å²) < 4.78 is 0. The van der Waals surface area contributed by atoms with Gasteiger partial charge in [0.05, 0.1) is 6.10 Å². The molecule has 1 saturated carbocycles. The zero-order valence-corrected chi connectivity index (χ0v) is 20.7. The quantitative estimate of drug-likeness (QED) is 0.463. The minimum Gasteiger partial charge on any atom is -0.508 e. The van der Waals surface area contributed by atoms with Crippen LogP contribution in [0.2, 0.25) is 0 Å². The normalized spacial score (nSPS) is 28.6. The first-order valence-corrected chi connectivity index (χ1v) is 13.1. The molecule has 0 saturated heterocycles. The number of aliphatic hydroxyl groups excluding tert-OH is 1. The van der Waals surface area contributed by atoms with Crippen LogP contribution in [0.1, 0.15) is 87.5 Å². The lowest BCUT2D eigenvalue weighted by atomic mass is 9.52. The summed E-state index contributed by atoms with van der Waals surface area (Å²) in [6.45, 7) is 6.73. The van der Waals surface area contributed by atoms with Gasteiger partial charge < -0.3 is 10.2 Å². The molecule has 2 heteroatoms. The molecule has 0 spiro atoms. The summed E-state index contributed by atoms with van der Waals surface area (Å²) in [4.78, 5) is 0. The molecule has 3 aliphatic carbocycles. The third-order valence-corrected chi connectivity index (χ3v) is 9.17. The lowest BCUT2D eigenvalue weighted by Crippen LogP contribution is -2.43. The van der Waals surface area contributed by atoms with Gasteiger partial charge in [-0.05, 0) is 97.9 Å². The van der Waals surface area contributed by atoms with Crippen LogP contribution in [0.5, 0.6) is 5.75 Å². The number of aliphatic hydroxyl groups is 1. The Morgan fingerprint density at radius 1 is 1.00 bits per heavy atom. The summed E-state index contributed by atoms with van der Waals surface area (Å²) in [7, 11) is 0. The molecule has 2 nitrogen and oxygen atoms in total. The van der Waals surface area contributed by atoms with E-state index in [1.165, 1.54) is 42.4 Å². The van der Waals surface area contributed by atoms with Gasteiger partial charge in [-0.2, -0.15) is 0 Å². The zero-order chi connectivity index (χ0) is 23.2. The molecule has 3 aliphatic rings. The molecule has 0 aliphatic heterocycles. The Bertz CT molecular complexity index is 1050. The van der Waals surface area contributed by atoms with Gasteiger partial charge in [0, 0.05) is 5.41 Å². The van der Waals surface area contributed by atoms with E-state index in [2.05, 4.69) is 57.2 Å². The average molecular weight is 445 g/mol. The van der Waals surface area contributed by atoms with Crippen LogP contribution in [-0.4, -0.2) is 16.3 Å². The number of fused-ring (bicyclic) bond motifs is 4. The van der Waals surface area contributed by atoms with Gasteiger partial charge in [-0.25, -0.2) is 0 Å². The number of hydrogen-bond donors (Lipinski definition) is 2. The van der Waals surface area contributed by atoms with E-state index in [-0.39, 0.29) is 16.9 Å². The van der Waals surface area contributed by atoms with E-state index >= 15 is 0 Å². The highest BCUT2D eigenvalue weighted by molar-refractivity contribution is 5.57. The fourth-order valence-electron chi connectivity index (χ4n) is 7.60. The minimum absolute atomic E-state index is 0.00562. The Kier molecular flexibility index (Phi) is 5.93. The first kappa shape index (κ1) is 22.7. The van der Waals surface area contributed by atoms with E-state index in [4.69, 9.17) is 0 Å². The third-order valence-electron chi connectivity index (χ3n) is 9.17. The van der Waals surface area contributed by atoms with E-state index in [0.29, 0.717) is 5.75 Å². The zero-order valence-electron chi connectivity index (χ0n) is 20.7. The van der Waals surface area contributed by atoms with Crippen LogP contribution < -0.4 is 0 Å². The molecular weight excluding hydrogens is 404 g/mol. The van der Waals surface area contributed by atoms with Crippen LogP contribution in [0, 0.1) is 18.3 Å². The van der Waals surface area contributed by atoms with Crippen molar-refractivity contribution >= 4 is 0 Å². The van der Waals surface area contributed by atoms with Crippen molar-refractivity contribution in [3.63, 3.8) is 0 Å². The van der Waals surface area contributed by atoms with Crippen molar-refractivity contribution in [3.8, 4) is 5.75 Å². The largest absolute Gasteiger partial charge is 0.508 e. The van der Waals surface area contributed by atoms with E-state index in [9.17, 15) is 10.2 Å². The average Bonchev–Trinajstić information content (AvgIpc) is 3.12. The highest BCUT2D eigenvalue weighted by Gasteiger charge is 2.53. The second-order valence-corrected chi connectivity index (χ2v) is 11.6. The lowest BCUT2D eigenvalue weighted by molar-refractivity contribution is 0.141. The second kappa shape index (κ2) is 8.62. The van der Waals surface area contributed by atoms with Crippen molar-refractivity contribution in [1.29, 1.82) is 0 Å². The van der Waals surface area contributed by atoms with Crippen LogP contribution >= 0.6 is 0 Å². The molecule has 5 rings (SSSR count). The minimum atomic E-state index is -0.193. The molecule has 2 aromatic rings. The molecule has 33 heavy (non-hydrogen) atoms. The molecule has 1 fully saturated rings. The monoisotopic (exact) mass is 444 g/mol. The summed E-state index contributed by atoms with van der Waals surface area (Å²) >= 11 is 0. The Morgan fingerprint density at radius 2 is 1.79 bits per heavy atom. The molecule has 2 aromatic carbocycles. The van der Waals surface area contributed by atoms with Gasteiger partial charge in [0.2, 0.25) is 0 Å². The summed E-state index contributed by atoms with van der Waals surface area (Å²) in [6, 6.07) is 15.1. The summed E-state index contributed by atoms with van der Waals surface area (Å²) in [6.07, 6.45) is 10.8. The van der Waals surface area contributed by atoms with Crippen LogP contribution in [0.25, 0.3) is 0 Å². The van der Waals surface area contributed by atoms with Crippen LogP contribution in [0.4, 0.5) is 0 Å². The molecule has 176 valence electrons. The first-order chi connectivity index (χ1) is 15.8. The highest BCUT2D eigenvalue weighted by Crippen LogP contribution is 2.63. The summed E-state index contributed by atoms with van der Waals surface area (Å²) in [5.41, 5.74) is 8.69. The predicted octanol–water partition coefficient (Wildman–Crippen LogP) is 7.19. The summed E-state index contributed by atoms with van der Waals surface area (Å²) in [5, 5.41) is 21.4. The van der Waals surface area contributed by atoms with E-state index in [1.54, 1.807) is 11.1 Å². The van der Waals surface area contributed by atoms with Crippen molar-refractivity contribution in [3.05, 3.63) is 75.9 Å². The van der Waals surface area contributed by atoms with Crippen LogP contribution in [0.3, 0.4) is 0 Å². The van der Waals surface area contributed by atoms with Gasteiger partial charge in [-0.3, -0.25) is 0 Å². The molecule has 0 unspecified atom stereocenters. The second-order valence-electron chi connectivity index (χ2n) is 11.6. The smallest absolute Gasteiger partial charge is 0.118 e. The molecule has 0 radical (unpaired) electrons. The first-order valence-electron chi connectivity index (χ1n) is 13.1. The van der Waals surface area contributed by atoms with Crippen molar-refractivity contribution in [2.24, 2.45) is 11.3 Å². The standard InChI is InChI=1S/C31H40O2/c1-21(2)8-7-15-30-16-17-31(19-23-9-5-4-6-10-23)26-13-14-29(33)22(3)25(26)11-12-27(31)28(30)18-24(32)20-30/h4-6,9-10,13-14,21,24,32-33H,7-8,11-12,15-20H2,1-3H3/t24-,30-,31+/m1/s1. The fourth-order valence-corrected chi connectivity index (χ4v) is 7.60. The summed E-state index contributed by atoms with van der Waals surface area (Å²) in [5.74, 6) is 1.16. The topological polar surface area (TPSA) is 40.5 Å². The van der Waals surface area contributed by atoms with Gasteiger partial charge in [0.15, 0.2) is 0 Å². The van der Waals surface area contributed by atoms with Crippen molar-refractivity contribution < 1.29 is 10.2 Å². The molecule has 0 heterocycles. The maximum Gasteiger partial charge on any atom is 0.118 e. The molecule has 2 N–H and O–H groups in total. The Hall–Kier alpha value is -2.06. The Balaban J connectivity index is 1.65. The molecule has 0 aromatic heterocycles.